The lowest BCUT2D eigenvalue weighted by Gasteiger charge is -2.05. The summed E-state index contributed by atoms with van der Waals surface area (Å²) < 4.78 is 0.746. The predicted octanol–water partition coefficient (Wildman–Crippen LogP) is 1.92. The molecule has 3 N–H and O–H groups in total. The third kappa shape index (κ3) is 2.07. The maximum absolute atomic E-state index is 11.6. The molecular formula is C10H11BrN2O. The van der Waals surface area contributed by atoms with Crippen molar-refractivity contribution >= 4 is 27.5 Å². The number of hydrogen-bond donors (Lipinski definition) is 2. The van der Waals surface area contributed by atoms with Gasteiger partial charge in [-0.3, -0.25) is 4.79 Å². The summed E-state index contributed by atoms with van der Waals surface area (Å²) in [5, 5.41) is 2.92. The van der Waals surface area contributed by atoms with Gasteiger partial charge in [0.25, 0.3) is 5.91 Å². The Bertz CT molecular complexity index is 374. The molecule has 74 valence electrons. The van der Waals surface area contributed by atoms with E-state index in [9.17, 15) is 4.79 Å². The Labute approximate surface area is 90.8 Å². The van der Waals surface area contributed by atoms with Crippen LogP contribution in [-0.2, 0) is 0 Å². The molecule has 1 aliphatic carbocycles. The van der Waals surface area contributed by atoms with Crippen molar-refractivity contribution in [3.05, 3.63) is 28.2 Å². The molecule has 14 heavy (non-hydrogen) atoms. The molecule has 0 saturated heterocycles. The monoisotopic (exact) mass is 254 g/mol. The number of rotatable bonds is 2. The number of carbonyl (C=O) groups is 1. The first-order valence-corrected chi connectivity index (χ1v) is 5.32. The van der Waals surface area contributed by atoms with Gasteiger partial charge in [0, 0.05) is 16.2 Å². The fourth-order valence-corrected chi connectivity index (χ4v) is 1.78. The molecule has 0 aromatic heterocycles. The summed E-state index contributed by atoms with van der Waals surface area (Å²) in [7, 11) is 0. The molecule has 1 amide bonds. The van der Waals surface area contributed by atoms with Gasteiger partial charge >= 0.3 is 0 Å². The molecular weight excluding hydrogens is 244 g/mol. The Kier molecular flexibility index (Phi) is 2.46. The number of nitrogen functional groups attached to an aromatic ring is 1. The van der Waals surface area contributed by atoms with Crippen LogP contribution >= 0.6 is 15.9 Å². The van der Waals surface area contributed by atoms with Crippen molar-refractivity contribution in [2.45, 2.75) is 18.9 Å². The SMILES string of the molecule is Nc1ccc(C(=O)NC2CC2)c(Br)c1. The third-order valence-corrected chi connectivity index (χ3v) is 2.81. The van der Waals surface area contributed by atoms with Gasteiger partial charge in [-0.05, 0) is 47.0 Å². The van der Waals surface area contributed by atoms with E-state index in [1.807, 2.05) is 0 Å². The number of anilines is 1. The molecule has 1 saturated carbocycles. The van der Waals surface area contributed by atoms with Gasteiger partial charge in [-0.25, -0.2) is 0 Å². The number of nitrogens with one attached hydrogen (secondary N) is 1. The van der Waals surface area contributed by atoms with Crippen LogP contribution in [0.15, 0.2) is 22.7 Å². The van der Waals surface area contributed by atoms with Crippen molar-refractivity contribution in [1.82, 2.24) is 5.32 Å². The zero-order valence-corrected chi connectivity index (χ0v) is 9.17. The molecule has 0 heterocycles. The second-order valence-electron chi connectivity index (χ2n) is 3.49. The van der Waals surface area contributed by atoms with Crippen LogP contribution in [0.4, 0.5) is 5.69 Å². The van der Waals surface area contributed by atoms with Crippen LogP contribution in [0, 0.1) is 0 Å². The van der Waals surface area contributed by atoms with Crippen LogP contribution in [0.3, 0.4) is 0 Å². The fourth-order valence-electron chi connectivity index (χ4n) is 1.21. The zero-order valence-electron chi connectivity index (χ0n) is 7.59. The van der Waals surface area contributed by atoms with E-state index >= 15 is 0 Å². The second kappa shape index (κ2) is 3.61. The minimum Gasteiger partial charge on any atom is -0.399 e. The minimum atomic E-state index is -0.0284. The van der Waals surface area contributed by atoms with Gasteiger partial charge in [0.15, 0.2) is 0 Å². The van der Waals surface area contributed by atoms with Gasteiger partial charge in [-0.1, -0.05) is 0 Å². The van der Waals surface area contributed by atoms with E-state index in [2.05, 4.69) is 21.2 Å². The first kappa shape index (κ1) is 9.52. The summed E-state index contributed by atoms with van der Waals surface area (Å²) >= 11 is 3.32. The Hall–Kier alpha value is -1.03. The molecule has 3 nitrogen and oxygen atoms in total. The van der Waals surface area contributed by atoms with Gasteiger partial charge in [-0.2, -0.15) is 0 Å². The lowest BCUT2D eigenvalue weighted by Crippen LogP contribution is -2.25. The van der Waals surface area contributed by atoms with Crippen molar-refractivity contribution in [3.63, 3.8) is 0 Å². The molecule has 0 atom stereocenters. The largest absolute Gasteiger partial charge is 0.399 e. The predicted molar refractivity (Wildman–Crippen MR) is 59.0 cm³/mol. The van der Waals surface area contributed by atoms with Gasteiger partial charge in [0.05, 0.1) is 5.56 Å². The summed E-state index contributed by atoms with van der Waals surface area (Å²) in [5.41, 5.74) is 6.88. The highest BCUT2D eigenvalue weighted by molar-refractivity contribution is 9.10. The van der Waals surface area contributed by atoms with E-state index in [0.29, 0.717) is 17.3 Å². The normalized spacial score (nSPS) is 15.2. The van der Waals surface area contributed by atoms with Crippen LogP contribution in [-0.4, -0.2) is 11.9 Å². The highest BCUT2D eigenvalue weighted by Crippen LogP contribution is 2.23. The lowest BCUT2D eigenvalue weighted by atomic mass is 10.2. The van der Waals surface area contributed by atoms with Gasteiger partial charge in [-0.15, -0.1) is 0 Å². The van der Waals surface area contributed by atoms with E-state index < -0.39 is 0 Å². The molecule has 0 spiro atoms. The minimum absolute atomic E-state index is 0.0284. The van der Waals surface area contributed by atoms with Crippen LogP contribution in [0.5, 0.6) is 0 Å². The molecule has 1 aromatic rings. The summed E-state index contributed by atoms with van der Waals surface area (Å²) in [6.45, 7) is 0. The fraction of sp³-hybridized carbons (Fsp3) is 0.300. The second-order valence-corrected chi connectivity index (χ2v) is 4.34. The van der Waals surface area contributed by atoms with Gasteiger partial charge in [0.1, 0.15) is 0 Å². The van der Waals surface area contributed by atoms with Crippen LogP contribution in [0.2, 0.25) is 0 Å². The quantitative estimate of drug-likeness (QED) is 0.793. The number of halogens is 1. The van der Waals surface area contributed by atoms with Crippen molar-refractivity contribution < 1.29 is 4.79 Å². The highest BCUT2D eigenvalue weighted by Gasteiger charge is 2.24. The molecule has 4 heteroatoms. The molecule has 2 rings (SSSR count). The Morgan fingerprint density at radius 1 is 1.50 bits per heavy atom. The zero-order chi connectivity index (χ0) is 10.1. The lowest BCUT2D eigenvalue weighted by molar-refractivity contribution is 0.0950. The number of amides is 1. The number of hydrogen-bond acceptors (Lipinski definition) is 2. The Morgan fingerprint density at radius 2 is 2.21 bits per heavy atom. The van der Waals surface area contributed by atoms with Crippen LogP contribution in [0.25, 0.3) is 0 Å². The Balaban J connectivity index is 2.17. The molecule has 1 aliphatic rings. The number of carbonyl (C=O) groups excluding carboxylic acids is 1. The maximum atomic E-state index is 11.6. The summed E-state index contributed by atoms with van der Waals surface area (Å²) in [6.07, 6.45) is 2.19. The summed E-state index contributed by atoms with van der Waals surface area (Å²) in [6, 6.07) is 5.58. The van der Waals surface area contributed by atoms with E-state index in [4.69, 9.17) is 5.73 Å². The van der Waals surface area contributed by atoms with Crippen LogP contribution < -0.4 is 11.1 Å². The molecule has 0 unspecified atom stereocenters. The topological polar surface area (TPSA) is 55.1 Å². The van der Waals surface area contributed by atoms with Crippen molar-refractivity contribution in [3.8, 4) is 0 Å². The summed E-state index contributed by atoms with van der Waals surface area (Å²) in [4.78, 5) is 11.6. The van der Waals surface area contributed by atoms with Gasteiger partial charge in [0.2, 0.25) is 0 Å². The molecule has 0 aliphatic heterocycles. The van der Waals surface area contributed by atoms with E-state index in [1.165, 1.54) is 0 Å². The average Bonchev–Trinajstić information content (AvgIpc) is 2.87. The first-order valence-electron chi connectivity index (χ1n) is 4.52. The van der Waals surface area contributed by atoms with E-state index in [-0.39, 0.29) is 5.91 Å². The molecule has 1 fully saturated rings. The Morgan fingerprint density at radius 3 is 2.79 bits per heavy atom. The third-order valence-electron chi connectivity index (χ3n) is 2.15. The summed E-state index contributed by atoms with van der Waals surface area (Å²) in [5.74, 6) is -0.0284. The molecule has 0 radical (unpaired) electrons. The number of nitrogens with two attached hydrogens (primary N) is 1. The van der Waals surface area contributed by atoms with Crippen molar-refractivity contribution in [2.24, 2.45) is 0 Å². The standard InChI is InChI=1S/C10H11BrN2O/c11-9-5-6(12)1-4-8(9)10(14)13-7-2-3-7/h1,4-5,7H,2-3,12H2,(H,13,14). The van der Waals surface area contributed by atoms with Crippen molar-refractivity contribution in [1.29, 1.82) is 0 Å². The average molecular weight is 255 g/mol. The number of benzene rings is 1. The maximum Gasteiger partial charge on any atom is 0.252 e. The van der Waals surface area contributed by atoms with Gasteiger partial charge < -0.3 is 11.1 Å². The first-order chi connectivity index (χ1) is 6.66. The van der Waals surface area contributed by atoms with E-state index in [0.717, 1.165) is 17.3 Å². The van der Waals surface area contributed by atoms with Crippen molar-refractivity contribution in [2.75, 3.05) is 5.73 Å². The molecule has 1 aromatic carbocycles. The van der Waals surface area contributed by atoms with E-state index in [1.54, 1.807) is 18.2 Å². The molecule has 0 bridgehead atoms. The smallest absolute Gasteiger partial charge is 0.252 e. The van der Waals surface area contributed by atoms with Crippen LogP contribution in [0.1, 0.15) is 23.2 Å². The highest BCUT2D eigenvalue weighted by atomic mass is 79.9.